The van der Waals surface area contributed by atoms with E-state index in [9.17, 15) is 4.79 Å². The Morgan fingerprint density at radius 2 is 1.89 bits per heavy atom. The van der Waals surface area contributed by atoms with E-state index in [0.29, 0.717) is 18.3 Å². The molecular formula is C22H24N4OS. The lowest BCUT2D eigenvalue weighted by atomic mass is 10.1. The second-order valence-corrected chi connectivity index (χ2v) is 8.07. The number of aromatic nitrogens is 2. The van der Waals surface area contributed by atoms with Gasteiger partial charge in [0, 0.05) is 29.1 Å². The number of nitrogens with one attached hydrogen (secondary N) is 2. The molecule has 2 aromatic carbocycles. The fraction of sp³-hybridized carbons (Fsp3) is 0.273. The van der Waals surface area contributed by atoms with Crippen molar-refractivity contribution in [1.29, 1.82) is 0 Å². The highest BCUT2D eigenvalue weighted by molar-refractivity contribution is 7.99. The van der Waals surface area contributed by atoms with Gasteiger partial charge in [0.25, 0.3) is 5.91 Å². The molecule has 4 rings (SSSR count). The number of amides is 1. The van der Waals surface area contributed by atoms with Crippen molar-refractivity contribution in [3.63, 3.8) is 0 Å². The van der Waals surface area contributed by atoms with Crippen LogP contribution in [-0.2, 0) is 6.54 Å². The number of hydrogen-bond acceptors (Lipinski definition) is 4. The van der Waals surface area contributed by atoms with Crippen molar-refractivity contribution in [2.75, 3.05) is 13.1 Å². The van der Waals surface area contributed by atoms with Gasteiger partial charge >= 0.3 is 0 Å². The summed E-state index contributed by atoms with van der Waals surface area (Å²) >= 11 is 1.73. The molecule has 0 spiro atoms. The van der Waals surface area contributed by atoms with Gasteiger partial charge < -0.3 is 10.6 Å². The van der Waals surface area contributed by atoms with Gasteiger partial charge in [-0.2, -0.15) is 5.10 Å². The van der Waals surface area contributed by atoms with E-state index in [4.69, 9.17) is 0 Å². The minimum Gasteiger partial charge on any atom is -0.347 e. The van der Waals surface area contributed by atoms with E-state index in [-0.39, 0.29) is 5.91 Å². The van der Waals surface area contributed by atoms with Crippen molar-refractivity contribution < 1.29 is 4.79 Å². The molecule has 1 unspecified atom stereocenters. The van der Waals surface area contributed by atoms with E-state index in [1.807, 2.05) is 29.1 Å². The van der Waals surface area contributed by atoms with Crippen LogP contribution in [0.2, 0.25) is 0 Å². The molecule has 1 fully saturated rings. The minimum atomic E-state index is -0.134. The summed E-state index contributed by atoms with van der Waals surface area (Å²) in [5.41, 5.74) is 1.54. The quantitative estimate of drug-likeness (QED) is 0.668. The normalized spacial score (nSPS) is 16.6. The van der Waals surface area contributed by atoms with Crippen molar-refractivity contribution in [2.24, 2.45) is 0 Å². The third-order valence-corrected chi connectivity index (χ3v) is 5.86. The highest BCUT2D eigenvalue weighted by atomic mass is 32.2. The van der Waals surface area contributed by atoms with Crippen LogP contribution in [0.25, 0.3) is 0 Å². The Kier molecular flexibility index (Phi) is 6.09. The molecule has 1 atom stereocenters. The van der Waals surface area contributed by atoms with Crippen molar-refractivity contribution >= 4 is 17.7 Å². The van der Waals surface area contributed by atoms with Gasteiger partial charge in [-0.25, -0.2) is 0 Å². The number of hydrogen-bond donors (Lipinski definition) is 2. The van der Waals surface area contributed by atoms with Gasteiger partial charge in [-0.1, -0.05) is 42.1 Å². The van der Waals surface area contributed by atoms with Crippen LogP contribution in [-0.4, -0.2) is 28.8 Å². The second kappa shape index (κ2) is 9.08. The van der Waals surface area contributed by atoms with Crippen LogP contribution >= 0.6 is 11.8 Å². The minimum absolute atomic E-state index is 0.134. The predicted molar refractivity (Wildman–Crippen MR) is 112 cm³/mol. The Balaban J connectivity index is 1.30. The van der Waals surface area contributed by atoms with Gasteiger partial charge in [0.2, 0.25) is 0 Å². The fourth-order valence-corrected chi connectivity index (χ4v) is 4.13. The van der Waals surface area contributed by atoms with Gasteiger partial charge in [-0.3, -0.25) is 9.48 Å². The lowest BCUT2D eigenvalue weighted by molar-refractivity contribution is 0.0944. The summed E-state index contributed by atoms with van der Waals surface area (Å²) in [5.74, 6) is -0.134. The molecule has 1 aliphatic rings. The maximum absolute atomic E-state index is 12.4. The molecule has 1 amide bonds. The van der Waals surface area contributed by atoms with E-state index in [1.54, 1.807) is 17.8 Å². The second-order valence-electron chi connectivity index (χ2n) is 6.92. The largest absolute Gasteiger partial charge is 0.347 e. The van der Waals surface area contributed by atoms with Gasteiger partial charge in [0.15, 0.2) is 0 Å². The Morgan fingerprint density at radius 3 is 2.64 bits per heavy atom. The molecule has 28 heavy (non-hydrogen) atoms. The third kappa shape index (κ3) is 4.82. The fourth-order valence-electron chi connectivity index (χ4n) is 3.29. The summed E-state index contributed by atoms with van der Waals surface area (Å²) < 4.78 is 1.91. The average molecular weight is 393 g/mol. The Hall–Kier alpha value is -2.57. The monoisotopic (exact) mass is 392 g/mol. The van der Waals surface area contributed by atoms with E-state index >= 15 is 0 Å². The Labute approximate surface area is 169 Å². The standard InChI is InChI=1S/C22H24N4OS/c27-22(21-12-14-26(25-21)18-5-4-13-23-16-18)24-15-17-8-10-20(11-9-17)28-19-6-2-1-3-7-19/h1-3,6-12,14,18,23H,4-5,13,15-16H2,(H,24,27). The number of carbonyl (C=O) groups is 1. The number of rotatable bonds is 6. The van der Waals surface area contributed by atoms with E-state index in [1.165, 1.54) is 9.79 Å². The molecule has 1 aromatic heterocycles. The maximum Gasteiger partial charge on any atom is 0.272 e. The molecule has 3 aromatic rings. The van der Waals surface area contributed by atoms with Crippen LogP contribution in [0.15, 0.2) is 76.7 Å². The lowest BCUT2D eigenvalue weighted by Crippen LogP contribution is -2.32. The smallest absolute Gasteiger partial charge is 0.272 e. The predicted octanol–water partition coefficient (Wildman–Crippen LogP) is 3.89. The molecule has 0 radical (unpaired) electrons. The molecule has 0 saturated carbocycles. The molecule has 2 N–H and O–H groups in total. The summed E-state index contributed by atoms with van der Waals surface area (Å²) in [4.78, 5) is 14.8. The zero-order chi connectivity index (χ0) is 19.2. The summed E-state index contributed by atoms with van der Waals surface area (Å²) in [6.45, 7) is 2.47. The third-order valence-electron chi connectivity index (χ3n) is 4.84. The van der Waals surface area contributed by atoms with E-state index in [2.05, 4.69) is 52.1 Å². The summed E-state index contributed by atoms with van der Waals surface area (Å²) in [6, 6.07) is 20.7. The number of piperidine rings is 1. The molecule has 1 saturated heterocycles. The molecule has 2 heterocycles. The van der Waals surface area contributed by atoms with E-state index < -0.39 is 0 Å². The topological polar surface area (TPSA) is 59.0 Å². The zero-order valence-corrected chi connectivity index (χ0v) is 16.5. The van der Waals surface area contributed by atoms with Crippen molar-refractivity contribution in [2.45, 2.75) is 35.2 Å². The molecule has 0 aliphatic carbocycles. The maximum atomic E-state index is 12.4. The first kappa shape index (κ1) is 18.8. The first-order valence-corrected chi connectivity index (χ1v) is 10.5. The number of carbonyl (C=O) groups excluding carboxylic acids is 1. The molecule has 6 heteroatoms. The molecular weight excluding hydrogens is 368 g/mol. The zero-order valence-electron chi connectivity index (χ0n) is 15.7. The molecule has 0 bridgehead atoms. The lowest BCUT2D eigenvalue weighted by Gasteiger charge is -2.22. The van der Waals surface area contributed by atoms with Gasteiger partial charge in [-0.15, -0.1) is 0 Å². The molecule has 5 nitrogen and oxygen atoms in total. The van der Waals surface area contributed by atoms with Crippen LogP contribution < -0.4 is 10.6 Å². The van der Waals surface area contributed by atoms with Crippen molar-refractivity contribution in [3.05, 3.63) is 78.1 Å². The molecule has 1 aliphatic heterocycles. The van der Waals surface area contributed by atoms with Crippen LogP contribution in [0.3, 0.4) is 0 Å². The summed E-state index contributed by atoms with van der Waals surface area (Å²) in [6.07, 6.45) is 4.15. The van der Waals surface area contributed by atoms with Gasteiger partial charge in [-0.05, 0) is 55.3 Å². The van der Waals surface area contributed by atoms with Crippen molar-refractivity contribution in [1.82, 2.24) is 20.4 Å². The summed E-state index contributed by atoms with van der Waals surface area (Å²) in [7, 11) is 0. The van der Waals surface area contributed by atoms with Crippen LogP contribution in [0.4, 0.5) is 0 Å². The van der Waals surface area contributed by atoms with Crippen LogP contribution in [0, 0.1) is 0 Å². The Morgan fingerprint density at radius 1 is 1.11 bits per heavy atom. The van der Waals surface area contributed by atoms with Crippen LogP contribution in [0.5, 0.6) is 0 Å². The highest BCUT2D eigenvalue weighted by Gasteiger charge is 2.17. The Bertz CT molecular complexity index is 902. The van der Waals surface area contributed by atoms with E-state index in [0.717, 1.165) is 31.5 Å². The highest BCUT2D eigenvalue weighted by Crippen LogP contribution is 2.27. The number of benzene rings is 2. The molecule has 144 valence electrons. The first-order valence-electron chi connectivity index (χ1n) is 9.64. The van der Waals surface area contributed by atoms with Gasteiger partial charge in [0.1, 0.15) is 5.69 Å². The van der Waals surface area contributed by atoms with Gasteiger partial charge in [0.05, 0.1) is 6.04 Å². The van der Waals surface area contributed by atoms with Crippen molar-refractivity contribution in [3.8, 4) is 0 Å². The first-order chi connectivity index (χ1) is 13.8. The SMILES string of the molecule is O=C(NCc1ccc(Sc2ccccc2)cc1)c1ccn(C2CCCNC2)n1. The summed E-state index contributed by atoms with van der Waals surface area (Å²) in [5, 5.41) is 10.8. The van der Waals surface area contributed by atoms with Crippen LogP contribution in [0.1, 0.15) is 34.9 Å². The number of nitrogens with zero attached hydrogens (tertiary/aromatic N) is 2. The average Bonchev–Trinajstić information content (AvgIpc) is 3.25.